The molecule has 1 saturated heterocycles. The summed E-state index contributed by atoms with van der Waals surface area (Å²) in [5, 5.41) is 5.89. The van der Waals surface area contributed by atoms with Crippen LogP contribution in [0.3, 0.4) is 0 Å². The average molecular weight is 340 g/mol. The molecule has 0 amide bonds. The first-order chi connectivity index (χ1) is 10.6. The first kappa shape index (κ1) is 15.4. The van der Waals surface area contributed by atoms with Gasteiger partial charge < -0.3 is 14.8 Å². The number of benzene rings is 2. The number of esters is 1. The summed E-state index contributed by atoms with van der Waals surface area (Å²) in [5.41, 5.74) is 0. The lowest BCUT2D eigenvalue weighted by Gasteiger charge is -2.17. The van der Waals surface area contributed by atoms with Crippen LogP contribution in [0.5, 0.6) is 5.75 Å². The molecular weight excluding hydrogens is 325 g/mol. The first-order valence-electron chi connectivity index (χ1n) is 6.94. The van der Waals surface area contributed by atoms with Crippen LogP contribution in [0.2, 0.25) is 10.0 Å². The second kappa shape index (κ2) is 6.32. The molecule has 2 aromatic carbocycles. The van der Waals surface area contributed by atoms with E-state index in [1.165, 1.54) is 7.11 Å². The molecule has 1 fully saturated rings. The van der Waals surface area contributed by atoms with Crippen molar-refractivity contribution in [1.29, 1.82) is 0 Å². The molecule has 1 N–H and O–H groups in total. The van der Waals surface area contributed by atoms with Gasteiger partial charge in [-0.3, -0.25) is 4.79 Å². The minimum absolute atomic E-state index is 0.147. The monoisotopic (exact) mass is 339 g/mol. The highest BCUT2D eigenvalue weighted by atomic mass is 35.5. The van der Waals surface area contributed by atoms with Gasteiger partial charge in [0.25, 0.3) is 0 Å². The molecule has 6 heteroatoms. The van der Waals surface area contributed by atoms with Gasteiger partial charge in [0.15, 0.2) is 0 Å². The van der Waals surface area contributed by atoms with E-state index in [9.17, 15) is 4.79 Å². The maximum atomic E-state index is 11.6. The van der Waals surface area contributed by atoms with Gasteiger partial charge in [0.2, 0.25) is 0 Å². The zero-order valence-corrected chi connectivity index (χ0v) is 13.4. The molecule has 0 bridgehead atoms. The molecular formula is C16H15Cl2NO3. The normalized spacial score (nSPS) is 21.0. The predicted molar refractivity (Wildman–Crippen MR) is 86.8 cm³/mol. The summed E-state index contributed by atoms with van der Waals surface area (Å²) in [5.74, 6) is 0.317. The van der Waals surface area contributed by atoms with Crippen molar-refractivity contribution in [2.24, 2.45) is 0 Å². The third-order valence-electron chi connectivity index (χ3n) is 3.76. The van der Waals surface area contributed by atoms with Crippen molar-refractivity contribution in [2.45, 2.75) is 18.6 Å². The molecule has 1 aliphatic heterocycles. The van der Waals surface area contributed by atoms with Crippen molar-refractivity contribution in [3.63, 3.8) is 0 Å². The zero-order chi connectivity index (χ0) is 15.7. The molecule has 1 aliphatic rings. The summed E-state index contributed by atoms with van der Waals surface area (Å²) in [6, 6.07) is 9.00. The van der Waals surface area contributed by atoms with Gasteiger partial charge in [-0.25, -0.2) is 0 Å². The molecule has 0 aliphatic carbocycles. The van der Waals surface area contributed by atoms with Gasteiger partial charge >= 0.3 is 5.97 Å². The molecule has 0 aromatic heterocycles. The molecule has 4 nitrogen and oxygen atoms in total. The SMILES string of the molecule is COC(=O)C1CC(Oc2c(Cl)cc(Cl)c3ccccc23)CN1. The van der Waals surface area contributed by atoms with E-state index < -0.39 is 0 Å². The Labute approximate surface area is 138 Å². The van der Waals surface area contributed by atoms with Gasteiger partial charge in [0, 0.05) is 23.7 Å². The number of nitrogens with one attached hydrogen (secondary N) is 1. The van der Waals surface area contributed by atoms with Crippen LogP contribution < -0.4 is 10.1 Å². The van der Waals surface area contributed by atoms with Crippen LogP contribution in [0.1, 0.15) is 6.42 Å². The fourth-order valence-corrected chi connectivity index (χ4v) is 3.26. The van der Waals surface area contributed by atoms with Crippen LogP contribution in [-0.2, 0) is 9.53 Å². The molecule has 116 valence electrons. The van der Waals surface area contributed by atoms with Crippen molar-refractivity contribution >= 4 is 39.9 Å². The Bertz CT molecular complexity index is 720. The van der Waals surface area contributed by atoms with E-state index in [-0.39, 0.29) is 18.1 Å². The Balaban J connectivity index is 1.87. The van der Waals surface area contributed by atoms with E-state index in [2.05, 4.69) is 5.32 Å². The highest BCUT2D eigenvalue weighted by Gasteiger charge is 2.32. The zero-order valence-electron chi connectivity index (χ0n) is 11.9. The Kier molecular flexibility index (Phi) is 4.43. The molecule has 2 unspecified atom stereocenters. The van der Waals surface area contributed by atoms with Crippen molar-refractivity contribution in [1.82, 2.24) is 5.32 Å². The lowest BCUT2D eigenvalue weighted by molar-refractivity contribution is -0.142. The van der Waals surface area contributed by atoms with Gasteiger partial charge in [-0.1, -0.05) is 47.5 Å². The molecule has 0 radical (unpaired) electrons. The number of rotatable bonds is 3. The van der Waals surface area contributed by atoms with Gasteiger partial charge in [-0.2, -0.15) is 0 Å². The lowest BCUT2D eigenvalue weighted by atomic mass is 10.1. The number of methoxy groups -OCH3 is 1. The standard InChI is InChI=1S/C16H15Cl2NO3/c1-21-16(20)14-6-9(8-19-14)22-15-11-5-3-2-4-10(11)12(17)7-13(15)18/h2-5,7,9,14,19H,6,8H2,1H3. The quantitative estimate of drug-likeness (QED) is 0.870. The second-order valence-electron chi connectivity index (χ2n) is 5.17. The predicted octanol–water partition coefficient (Wildman–Crippen LogP) is 3.43. The maximum Gasteiger partial charge on any atom is 0.323 e. The van der Waals surface area contributed by atoms with Crippen molar-refractivity contribution in [2.75, 3.05) is 13.7 Å². The summed E-state index contributed by atoms with van der Waals surface area (Å²) >= 11 is 12.5. The van der Waals surface area contributed by atoms with Gasteiger partial charge in [0.1, 0.15) is 17.9 Å². The van der Waals surface area contributed by atoms with E-state index in [1.807, 2.05) is 24.3 Å². The Morgan fingerprint density at radius 2 is 1.95 bits per heavy atom. The molecule has 2 aromatic rings. The summed E-state index contributed by atoms with van der Waals surface area (Å²) in [4.78, 5) is 11.6. The smallest absolute Gasteiger partial charge is 0.323 e. The summed E-state index contributed by atoms with van der Waals surface area (Å²) in [6.07, 6.45) is 0.395. The summed E-state index contributed by atoms with van der Waals surface area (Å²) < 4.78 is 10.8. The number of hydrogen-bond acceptors (Lipinski definition) is 4. The van der Waals surface area contributed by atoms with Crippen LogP contribution in [0.4, 0.5) is 0 Å². The first-order valence-corrected chi connectivity index (χ1v) is 7.70. The fraction of sp³-hybridized carbons (Fsp3) is 0.312. The van der Waals surface area contributed by atoms with E-state index >= 15 is 0 Å². The van der Waals surface area contributed by atoms with E-state index in [4.69, 9.17) is 32.7 Å². The van der Waals surface area contributed by atoms with Crippen molar-refractivity contribution in [3.05, 3.63) is 40.4 Å². The second-order valence-corrected chi connectivity index (χ2v) is 5.99. The number of halogens is 2. The average Bonchev–Trinajstić information content (AvgIpc) is 2.99. The Morgan fingerprint density at radius 3 is 2.68 bits per heavy atom. The molecule has 22 heavy (non-hydrogen) atoms. The minimum Gasteiger partial charge on any atom is -0.487 e. The number of hydrogen-bond donors (Lipinski definition) is 1. The minimum atomic E-state index is -0.340. The Hall–Kier alpha value is -1.49. The number of carbonyl (C=O) groups excluding carboxylic acids is 1. The fourth-order valence-electron chi connectivity index (χ4n) is 2.67. The molecule has 0 spiro atoms. The van der Waals surface area contributed by atoms with Crippen molar-refractivity contribution < 1.29 is 14.3 Å². The molecule has 2 atom stereocenters. The maximum absolute atomic E-state index is 11.6. The summed E-state index contributed by atoms with van der Waals surface area (Å²) in [7, 11) is 1.38. The number of carbonyl (C=O) groups is 1. The molecule has 3 rings (SSSR count). The highest BCUT2D eigenvalue weighted by Crippen LogP contribution is 2.39. The molecule has 1 heterocycles. The van der Waals surface area contributed by atoms with E-state index in [0.29, 0.717) is 28.8 Å². The van der Waals surface area contributed by atoms with Gasteiger partial charge in [-0.15, -0.1) is 0 Å². The number of ether oxygens (including phenoxy) is 2. The number of fused-ring (bicyclic) bond motifs is 1. The third kappa shape index (κ3) is 2.86. The van der Waals surface area contributed by atoms with Gasteiger partial charge in [-0.05, 0) is 6.07 Å². The van der Waals surface area contributed by atoms with Gasteiger partial charge in [0.05, 0.1) is 17.2 Å². The lowest BCUT2D eigenvalue weighted by Crippen LogP contribution is -2.31. The van der Waals surface area contributed by atoms with E-state index in [0.717, 1.165) is 10.8 Å². The van der Waals surface area contributed by atoms with Crippen molar-refractivity contribution in [3.8, 4) is 5.75 Å². The van der Waals surface area contributed by atoms with E-state index in [1.54, 1.807) is 6.07 Å². The van der Waals surface area contributed by atoms with Crippen LogP contribution in [0, 0.1) is 0 Å². The largest absolute Gasteiger partial charge is 0.487 e. The van der Waals surface area contributed by atoms with Crippen LogP contribution in [0.25, 0.3) is 10.8 Å². The molecule has 0 saturated carbocycles. The van der Waals surface area contributed by atoms with Crippen LogP contribution in [0.15, 0.2) is 30.3 Å². The highest BCUT2D eigenvalue weighted by molar-refractivity contribution is 6.39. The van der Waals surface area contributed by atoms with Crippen LogP contribution in [-0.4, -0.2) is 31.8 Å². The topological polar surface area (TPSA) is 47.6 Å². The Morgan fingerprint density at radius 1 is 1.23 bits per heavy atom. The summed E-state index contributed by atoms with van der Waals surface area (Å²) in [6.45, 7) is 0.563. The van der Waals surface area contributed by atoms with Crippen LogP contribution >= 0.6 is 23.2 Å². The third-order valence-corrected chi connectivity index (χ3v) is 4.35.